The molecule has 0 aliphatic carbocycles. The van der Waals surface area contributed by atoms with E-state index in [9.17, 15) is 4.79 Å². The molecule has 8 nitrogen and oxygen atoms in total. The van der Waals surface area contributed by atoms with E-state index in [1.54, 1.807) is 6.07 Å². The van der Waals surface area contributed by atoms with Crippen LogP contribution < -0.4 is 10.1 Å². The normalized spacial score (nSPS) is 17.6. The van der Waals surface area contributed by atoms with Crippen LogP contribution in [-0.4, -0.2) is 37.5 Å². The van der Waals surface area contributed by atoms with Gasteiger partial charge in [-0.2, -0.15) is 5.10 Å². The molecule has 2 aromatic heterocycles. The van der Waals surface area contributed by atoms with Gasteiger partial charge in [0, 0.05) is 12.6 Å². The predicted octanol–water partition coefficient (Wildman–Crippen LogP) is 0.665. The molecular weight excluding hydrogens is 260 g/mol. The average Bonchev–Trinajstić information content (AvgIpc) is 3.08. The zero-order valence-electron chi connectivity index (χ0n) is 11.2. The van der Waals surface area contributed by atoms with Gasteiger partial charge in [-0.3, -0.25) is 9.89 Å². The number of hydrogen-bond donors (Lipinski definition) is 2. The number of H-pyrrole nitrogens is 1. The van der Waals surface area contributed by atoms with Crippen molar-refractivity contribution >= 4 is 5.91 Å². The second-order valence-electron chi connectivity index (χ2n) is 4.56. The Morgan fingerprint density at radius 3 is 3.40 bits per heavy atom. The number of aromatic amines is 1. The van der Waals surface area contributed by atoms with Crippen LogP contribution in [0.2, 0.25) is 0 Å². The molecule has 2 N–H and O–H groups in total. The lowest BCUT2D eigenvalue weighted by atomic mass is 10.1. The van der Waals surface area contributed by atoms with Crippen LogP contribution in [-0.2, 0) is 6.54 Å². The second-order valence-corrected chi connectivity index (χ2v) is 4.56. The number of nitrogens with zero attached hydrogens (tertiary/aromatic N) is 4. The third-order valence-corrected chi connectivity index (χ3v) is 3.22. The summed E-state index contributed by atoms with van der Waals surface area (Å²) >= 11 is 0. The van der Waals surface area contributed by atoms with Gasteiger partial charge in [0.1, 0.15) is 17.8 Å². The maximum atomic E-state index is 12.2. The molecule has 20 heavy (non-hydrogen) atoms. The second kappa shape index (κ2) is 5.32. The first-order valence-corrected chi connectivity index (χ1v) is 6.64. The molecule has 0 saturated carbocycles. The first-order valence-electron chi connectivity index (χ1n) is 6.64. The number of hydrogen-bond acceptors (Lipinski definition) is 5. The van der Waals surface area contributed by atoms with Gasteiger partial charge >= 0.3 is 0 Å². The van der Waals surface area contributed by atoms with E-state index in [0.29, 0.717) is 18.2 Å². The Hall–Kier alpha value is -2.38. The Labute approximate surface area is 115 Å². The molecule has 0 bridgehead atoms. The maximum absolute atomic E-state index is 12.2. The van der Waals surface area contributed by atoms with E-state index in [1.807, 2.05) is 11.6 Å². The van der Waals surface area contributed by atoms with Crippen molar-refractivity contribution in [2.75, 3.05) is 6.61 Å². The van der Waals surface area contributed by atoms with E-state index < -0.39 is 0 Å². The van der Waals surface area contributed by atoms with Crippen molar-refractivity contribution < 1.29 is 9.53 Å². The SMILES string of the molecule is CCOc1cc(C(=O)NC2CCCn3ncnc32)[nH]n1. The fourth-order valence-electron chi connectivity index (χ4n) is 2.30. The van der Waals surface area contributed by atoms with E-state index in [-0.39, 0.29) is 11.9 Å². The summed E-state index contributed by atoms with van der Waals surface area (Å²) in [6, 6.07) is 1.48. The molecule has 106 valence electrons. The molecule has 0 fully saturated rings. The number of carbonyl (C=O) groups is 1. The summed E-state index contributed by atoms with van der Waals surface area (Å²) in [5, 5.41) is 13.7. The molecule has 1 unspecified atom stereocenters. The van der Waals surface area contributed by atoms with Gasteiger partial charge in [-0.25, -0.2) is 9.67 Å². The van der Waals surface area contributed by atoms with Gasteiger partial charge in [0.05, 0.1) is 12.6 Å². The molecular formula is C12H16N6O2. The van der Waals surface area contributed by atoms with Crippen molar-refractivity contribution in [3.63, 3.8) is 0 Å². The fraction of sp³-hybridized carbons (Fsp3) is 0.500. The van der Waals surface area contributed by atoms with Gasteiger partial charge in [0.2, 0.25) is 5.88 Å². The highest BCUT2D eigenvalue weighted by Crippen LogP contribution is 2.22. The van der Waals surface area contributed by atoms with Crippen molar-refractivity contribution in [3.8, 4) is 5.88 Å². The third-order valence-electron chi connectivity index (χ3n) is 3.22. The molecule has 0 aromatic carbocycles. The summed E-state index contributed by atoms with van der Waals surface area (Å²) in [5.41, 5.74) is 0.380. The molecule has 1 aliphatic rings. The summed E-state index contributed by atoms with van der Waals surface area (Å²) in [6.07, 6.45) is 3.34. The number of ether oxygens (including phenoxy) is 1. The highest BCUT2D eigenvalue weighted by atomic mass is 16.5. The van der Waals surface area contributed by atoms with Gasteiger partial charge in [0.15, 0.2) is 0 Å². The number of aryl methyl sites for hydroxylation is 1. The van der Waals surface area contributed by atoms with Crippen LogP contribution in [0.4, 0.5) is 0 Å². The molecule has 0 spiro atoms. The lowest BCUT2D eigenvalue weighted by Crippen LogP contribution is -2.33. The minimum absolute atomic E-state index is 0.113. The zero-order chi connectivity index (χ0) is 13.9. The van der Waals surface area contributed by atoms with Crippen LogP contribution in [0.25, 0.3) is 0 Å². The smallest absolute Gasteiger partial charge is 0.270 e. The Morgan fingerprint density at radius 2 is 2.55 bits per heavy atom. The molecule has 0 saturated heterocycles. The van der Waals surface area contributed by atoms with E-state index in [2.05, 4.69) is 25.6 Å². The van der Waals surface area contributed by atoms with Gasteiger partial charge in [-0.15, -0.1) is 5.10 Å². The van der Waals surface area contributed by atoms with E-state index >= 15 is 0 Å². The van der Waals surface area contributed by atoms with Gasteiger partial charge in [-0.05, 0) is 19.8 Å². The van der Waals surface area contributed by atoms with Crippen LogP contribution >= 0.6 is 0 Å². The molecule has 1 atom stereocenters. The first-order chi connectivity index (χ1) is 9.78. The molecule has 8 heteroatoms. The summed E-state index contributed by atoms with van der Waals surface area (Å²) in [6.45, 7) is 3.22. The summed E-state index contributed by atoms with van der Waals surface area (Å²) in [5.74, 6) is 1.00. The molecule has 0 radical (unpaired) electrons. The van der Waals surface area contributed by atoms with Crippen LogP contribution in [0.15, 0.2) is 12.4 Å². The highest BCUT2D eigenvalue weighted by molar-refractivity contribution is 5.92. The minimum atomic E-state index is -0.218. The van der Waals surface area contributed by atoms with Gasteiger partial charge in [-0.1, -0.05) is 0 Å². The topological polar surface area (TPSA) is 97.7 Å². The molecule has 1 amide bonds. The standard InChI is InChI=1S/C12H16N6O2/c1-2-20-10-6-9(16-17-10)12(19)15-8-4-3-5-18-11(8)13-7-14-18/h6-8H,2-5H2,1H3,(H,15,19)(H,16,17). The average molecular weight is 276 g/mol. The zero-order valence-corrected chi connectivity index (χ0v) is 11.2. The van der Waals surface area contributed by atoms with Crippen LogP contribution in [0, 0.1) is 0 Å². The minimum Gasteiger partial charge on any atom is -0.477 e. The number of carbonyl (C=O) groups excluding carboxylic acids is 1. The van der Waals surface area contributed by atoms with Crippen molar-refractivity contribution in [1.82, 2.24) is 30.3 Å². The first kappa shape index (κ1) is 12.6. The van der Waals surface area contributed by atoms with Gasteiger partial charge in [0.25, 0.3) is 5.91 Å². The van der Waals surface area contributed by atoms with Gasteiger partial charge < -0.3 is 10.1 Å². The van der Waals surface area contributed by atoms with Crippen LogP contribution in [0.3, 0.4) is 0 Å². The van der Waals surface area contributed by atoms with E-state index in [0.717, 1.165) is 25.2 Å². The van der Waals surface area contributed by atoms with Crippen molar-refractivity contribution in [1.29, 1.82) is 0 Å². The molecule has 3 rings (SSSR count). The lowest BCUT2D eigenvalue weighted by Gasteiger charge is -2.22. The largest absolute Gasteiger partial charge is 0.477 e. The number of rotatable bonds is 4. The Morgan fingerprint density at radius 1 is 1.65 bits per heavy atom. The lowest BCUT2D eigenvalue weighted by molar-refractivity contribution is 0.0922. The van der Waals surface area contributed by atoms with Crippen LogP contribution in [0.5, 0.6) is 5.88 Å². The maximum Gasteiger partial charge on any atom is 0.270 e. The number of fused-ring (bicyclic) bond motifs is 1. The summed E-state index contributed by atoms with van der Waals surface area (Å²) in [4.78, 5) is 16.4. The summed E-state index contributed by atoms with van der Waals surface area (Å²) < 4.78 is 7.05. The Balaban J connectivity index is 1.70. The fourth-order valence-corrected chi connectivity index (χ4v) is 2.30. The molecule has 1 aliphatic heterocycles. The number of aromatic nitrogens is 5. The third kappa shape index (κ3) is 2.36. The van der Waals surface area contributed by atoms with Crippen molar-refractivity contribution in [2.45, 2.75) is 32.4 Å². The van der Waals surface area contributed by atoms with E-state index in [4.69, 9.17) is 4.74 Å². The van der Waals surface area contributed by atoms with Crippen molar-refractivity contribution in [2.24, 2.45) is 0 Å². The van der Waals surface area contributed by atoms with E-state index in [1.165, 1.54) is 6.33 Å². The number of nitrogens with one attached hydrogen (secondary N) is 2. The Kier molecular flexibility index (Phi) is 3.36. The van der Waals surface area contributed by atoms with Crippen LogP contribution in [0.1, 0.15) is 42.1 Å². The number of amides is 1. The summed E-state index contributed by atoms with van der Waals surface area (Å²) in [7, 11) is 0. The quantitative estimate of drug-likeness (QED) is 0.855. The Bertz CT molecular complexity index is 605. The monoisotopic (exact) mass is 276 g/mol. The predicted molar refractivity (Wildman–Crippen MR) is 69.2 cm³/mol. The van der Waals surface area contributed by atoms with Crippen molar-refractivity contribution in [3.05, 3.63) is 23.9 Å². The molecule has 3 heterocycles. The highest BCUT2D eigenvalue weighted by Gasteiger charge is 2.25. The molecule has 2 aromatic rings.